The lowest BCUT2D eigenvalue weighted by molar-refractivity contribution is 0.383. The summed E-state index contributed by atoms with van der Waals surface area (Å²) in [4.78, 5) is 10.3. The first kappa shape index (κ1) is 26.2. The molecule has 0 aliphatic carbocycles. The van der Waals surface area contributed by atoms with Crippen LogP contribution >= 0.6 is 35.6 Å². The lowest BCUT2D eigenvalue weighted by Crippen LogP contribution is -2.33. The van der Waals surface area contributed by atoms with E-state index in [4.69, 9.17) is 28.2 Å². The van der Waals surface area contributed by atoms with Crippen molar-refractivity contribution < 1.29 is 4.42 Å². The van der Waals surface area contributed by atoms with Crippen molar-refractivity contribution in [3.63, 3.8) is 0 Å². The average molecular weight is 575 g/mol. The van der Waals surface area contributed by atoms with Crippen molar-refractivity contribution in [3.8, 4) is 0 Å². The Morgan fingerprint density at radius 3 is 2.54 bits per heavy atom. The maximum absolute atomic E-state index is 6.91. The van der Waals surface area contributed by atoms with Crippen molar-refractivity contribution in [3.05, 3.63) is 101 Å². The van der Waals surface area contributed by atoms with Crippen LogP contribution in [0.5, 0.6) is 0 Å². The fraction of sp³-hybridized carbons (Fsp3) is 0.290. The molecule has 0 saturated carbocycles. The molecule has 200 valence electrons. The summed E-state index contributed by atoms with van der Waals surface area (Å²) in [6.45, 7) is 6.47. The van der Waals surface area contributed by atoms with E-state index in [0.717, 1.165) is 56.8 Å². The molecule has 0 bridgehead atoms. The maximum atomic E-state index is 6.91. The molecular formula is C31H31ClN4OS2. The standard InChI is InChI=1S/C31H31ClN4OS2/c1-20-6-9-23(10-7-20)39-28-13-12-27(37-28)30-29(25-5-3-4-16-33-25)34-31(38)36(30)22-8-11-26(24(32)19-22)35-17-14-21(2)15-18-35/h3-13,16,19,21,29-30H,14-15,17-18H2,1-2H3,(H,34,38). The van der Waals surface area contributed by atoms with Gasteiger partial charge in [0.05, 0.1) is 22.4 Å². The van der Waals surface area contributed by atoms with Gasteiger partial charge in [0.25, 0.3) is 0 Å². The van der Waals surface area contributed by atoms with Crippen LogP contribution in [0.25, 0.3) is 0 Å². The summed E-state index contributed by atoms with van der Waals surface area (Å²) in [6, 6.07) is 24.4. The summed E-state index contributed by atoms with van der Waals surface area (Å²) >= 11 is 14.4. The molecule has 2 unspecified atom stereocenters. The van der Waals surface area contributed by atoms with E-state index in [1.54, 1.807) is 11.8 Å². The Bertz CT molecular complexity index is 1450. The van der Waals surface area contributed by atoms with Crippen LogP contribution in [0.1, 0.15) is 48.9 Å². The van der Waals surface area contributed by atoms with Gasteiger partial charge >= 0.3 is 0 Å². The van der Waals surface area contributed by atoms with Crippen LogP contribution in [0.15, 0.2) is 93.4 Å². The molecule has 4 aromatic rings. The van der Waals surface area contributed by atoms with E-state index >= 15 is 0 Å². The molecule has 6 rings (SSSR count). The number of benzene rings is 2. The van der Waals surface area contributed by atoms with Gasteiger partial charge in [0.2, 0.25) is 0 Å². The molecule has 0 spiro atoms. The highest BCUT2D eigenvalue weighted by atomic mass is 35.5. The molecule has 1 N–H and O–H groups in total. The van der Waals surface area contributed by atoms with Crippen molar-refractivity contribution >= 4 is 52.1 Å². The topological polar surface area (TPSA) is 44.5 Å². The van der Waals surface area contributed by atoms with Gasteiger partial charge in [-0.25, -0.2) is 0 Å². The quantitative estimate of drug-likeness (QED) is 0.233. The lowest BCUT2D eigenvalue weighted by Gasteiger charge is -2.33. The minimum absolute atomic E-state index is 0.177. The van der Waals surface area contributed by atoms with Gasteiger partial charge in [0, 0.05) is 29.9 Å². The molecule has 39 heavy (non-hydrogen) atoms. The fourth-order valence-corrected chi connectivity index (χ4v) is 6.76. The summed E-state index contributed by atoms with van der Waals surface area (Å²) in [5.74, 6) is 1.58. The van der Waals surface area contributed by atoms with Crippen LogP contribution in [-0.2, 0) is 0 Å². The van der Waals surface area contributed by atoms with E-state index in [0.29, 0.717) is 5.11 Å². The number of nitrogens with one attached hydrogen (secondary N) is 1. The number of halogens is 1. The fourth-order valence-electron chi connectivity index (χ4n) is 5.34. The number of aryl methyl sites for hydroxylation is 1. The first-order chi connectivity index (χ1) is 19.0. The first-order valence-electron chi connectivity index (χ1n) is 13.4. The van der Waals surface area contributed by atoms with Gasteiger partial charge in [-0.3, -0.25) is 4.98 Å². The van der Waals surface area contributed by atoms with E-state index in [1.807, 2.05) is 42.6 Å². The van der Waals surface area contributed by atoms with E-state index in [9.17, 15) is 0 Å². The van der Waals surface area contributed by atoms with Gasteiger partial charge in [0.1, 0.15) is 11.8 Å². The van der Waals surface area contributed by atoms with E-state index in [-0.39, 0.29) is 12.1 Å². The highest BCUT2D eigenvalue weighted by Crippen LogP contribution is 2.45. The third kappa shape index (κ3) is 5.53. The third-order valence-electron chi connectivity index (χ3n) is 7.56. The Kier molecular flexibility index (Phi) is 7.56. The highest BCUT2D eigenvalue weighted by molar-refractivity contribution is 7.99. The number of pyridine rings is 1. The Morgan fingerprint density at radius 1 is 1.03 bits per heavy atom. The smallest absolute Gasteiger partial charge is 0.174 e. The number of anilines is 2. The molecule has 2 aromatic carbocycles. The highest BCUT2D eigenvalue weighted by Gasteiger charge is 2.42. The zero-order valence-electron chi connectivity index (χ0n) is 22.0. The maximum Gasteiger partial charge on any atom is 0.174 e. The molecule has 8 heteroatoms. The van der Waals surface area contributed by atoms with Gasteiger partial charge in [-0.05, 0) is 92.5 Å². The molecule has 2 fully saturated rings. The molecule has 2 aromatic heterocycles. The second-order valence-electron chi connectivity index (χ2n) is 10.4. The van der Waals surface area contributed by atoms with Crippen LogP contribution in [0.4, 0.5) is 11.4 Å². The van der Waals surface area contributed by atoms with Crippen LogP contribution in [0, 0.1) is 12.8 Å². The third-order valence-corrected chi connectivity index (χ3v) is 9.11. The van der Waals surface area contributed by atoms with Crippen molar-refractivity contribution in [2.75, 3.05) is 22.9 Å². The van der Waals surface area contributed by atoms with Crippen molar-refractivity contribution in [2.24, 2.45) is 5.92 Å². The SMILES string of the molecule is Cc1ccc(Sc2ccc(C3C(c4ccccn4)NC(=S)N3c3ccc(N4CCC(C)CC4)c(Cl)c3)o2)cc1. The molecule has 4 heterocycles. The Labute approximate surface area is 244 Å². The van der Waals surface area contributed by atoms with Gasteiger partial charge in [0.15, 0.2) is 10.2 Å². The molecule has 2 saturated heterocycles. The van der Waals surface area contributed by atoms with Crippen molar-refractivity contribution in [1.82, 2.24) is 10.3 Å². The molecule has 0 amide bonds. The lowest BCUT2D eigenvalue weighted by atomic mass is 9.98. The summed E-state index contributed by atoms with van der Waals surface area (Å²) in [5, 5.41) is 5.70. The van der Waals surface area contributed by atoms with Crippen LogP contribution in [0.3, 0.4) is 0 Å². The molecular weight excluding hydrogens is 544 g/mol. The van der Waals surface area contributed by atoms with E-state index in [2.05, 4.69) is 70.3 Å². The number of piperidine rings is 1. The van der Waals surface area contributed by atoms with Gasteiger partial charge < -0.3 is 19.5 Å². The summed E-state index contributed by atoms with van der Waals surface area (Å²) < 4.78 is 6.47. The van der Waals surface area contributed by atoms with Crippen LogP contribution in [0.2, 0.25) is 5.02 Å². The number of hydrogen-bond acceptors (Lipinski definition) is 5. The average Bonchev–Trinajstić information content (AvgIpc) is 3.55. The predicted molar refractivity (Wildman–Crippen MR) is 164 cm³/mol. The Hall–Kier alpha value is -3.00. The number of aromatic nitrogens is 1. The molecule has 2 atom stereocenters. The van der Waals surface area contributed by atoms with Gasteiger partial charge in [-0.15, -0.1) is 0 Å². The Morgan fingerprint density at radius 2 is 1.82 bits per heavy atom. The van der Waals surface area contributed by atoms with Gasteiger partial charge in [-0.1, -0.05) is 54.0 Å². The minimum Gasteiger partial charge on any atom is -0.452 e. The molecule has 2 aliphatic heterocycles. The summed E-state index contributed by atoms with van der Waals surface area (Å²) in [7, 11) is 0. The second-order valence-corrected chi connectivity index (χ2v) is 12.2. The van der Waals surface area contributed by atoms with E-state index < -0.39 is 0 Å². The normalized spacial score (nSPS) is 19.9. The second kappa shape index (κ2) is 11.2. The van der Waals surface area contributed by atoms with Crippen molar-refractivity contribution in [1.29, 1.82) is 0 Å². The number of rotatable bonds is 6. The zero-order valence-corrected chi connectivity index (χ0v) is 24.4. The molecule has 2 aliphatic rings. The molecule has 0 radical (unpaired) electrons. The largest absolute Gasteiger partial charge is 0.452 e. The van der Waals surface area contributed by atoms with Crippen molar-refractivity contribution in [2.45, 2.75) is 48.8 Å². The number of thiocarbonyl (C=S) groups is 1. The number of nitrogens with zero attached hydrogens (tertiary/aromatic N) is 3. The van der Waals surface area contributed by atoms with Crippen LogP contribution < -0.4 is 15.1 Å². The monoisotopic (exact) mass is 574 g/mol. The summed E-state index contributed by atoms with van der Waals surface area (Å²) in [6.07, 6.45) is 4.19. The van der Waals surface area contributed by atoms with Gasteiger partial charge in [-0.2, -0.15) is 0 Å². The summed E-state index contributed by atoms with van der Waals surface area (Å²) in [5.41, 5.74) is 4.15. The Balaban J connectivity index is 1.33. The van der Waals surface area contributed by atoms with Crippen LogP contribution in [-0.4, -0.2) is 23.2 Å². The van der Waals surface area contributed by atoms with E-state index in [1.165, 1.54) is 18.4 Å². The zero-order chi connectivity index (χ0) is 26.9. The predicted octanol–water partition coefficient (Wildman–Crippen LogP) is 8.20. The molecule has 5 nitrogen and oxygen atoms in total. The number of hydrogen-bond donors (Lipinski definition) is 1. The first-order valence-corrected chi connectivity index (χ1v) is 15.0. The minimum atomic E-state index is -0.225. The number of furan rings is 1.